The van der Waals surface area contributed by atoms with Gasteiger partial charge in [0.1, 0.15) is 12.7 Å². The fraction of sp³-hybridized carbons (Fsp3) is 0.672. The third-order valence-corrected chi connectivity index (χ3v) is 12.0. The smallest absolute Gasteiger partial charge is 0.462 e. The second-order valence-electron chi connectivity index (χ2n) is 17.6. The average Bonchev–Trinajstić information content (AvgIpc) is 3.35. The summed E-state index contributed by atoms with van der Waals surface area (Å²) in [5, 5.41) is 9.77. The Morgan fingerprint density at radius 1 is 0.414 bits per heavy atom. The van der Waals surface area contributed by atoms with E-state index in [1.807, 2.05) is 12.2 Å². The Bertz CT molecular complexity index is 1540. The number of aliphatic hydroxyl groups is 1. The van der Waals surface area contributed by atoms with Gasteiger partial charge in [0.2, 0.25) is 0 Å². The maximum absolute atomic E-state index is 12.9. The Balaban J connectivity index is 4.81. The van der Waals surface area contributed by atoms with E-state index in [0.717, 1.165) is 109 Å². The lowest BCUT2D eigenvalue weighted by molar-refractivity contribution is -0.161. The molecule has 3 unspecified atom stereocenters. The van der Waals surface area contributed by atoms with Gasteiger partial charge in [-0.15, -0.1) is 0 Å². The van der Waals surface area contributed by atoms with E-state index in [9.17, 15) is 28.9 Å². The quantitative estimate of drug-likeness (QED) is 0.0197. The van der Waals surface area contributed by atoms with Crippen molar-refractivity contribution in [2.75, 3.05) is 26.4 Å². The van der Waals surface area contributed by atoms with Crippen LogP contribution in [0.15, 0.2) is 97.2 Å². The molecule has 70 heavy (non-hydrogen) atoms. The molecule has 0 aliphatic rings. The summed E-state index contributed by atoms with van der Waals surface area (Å²) in [5.74, 6) is -1.59. The molecule has 0 rings (SSSR count). The highest BCUT2D eigenvalue weighted by atomic mass is 31.2. The van der Waals surface area contributed by atoms with Gasteiger partial charge < -0.3 is 24.2 Å². The number of carbonyl (C=O) groups is 3. The Kier molecular flexibility index (Phi) is 49.1. The van der Waals surface area contributed by atoms with Crippen LogP contribution in [-0.4, -0.2) is 66.5 Å². The van der Waals surface area contributed by atoms with E-state index in [-0.39, 0.29) is 25.9 Å². The molecule has 0 saturated heterocycles. The van der Waals surface area contributed by atoms with Gasteiger partial charge in [0, 0.05) is 19.3 Å². The highest BCUT2D eigenvalue weighted by molar-refractivity contribution is 7.47. The van der Waals surface area contributed by atoms with Crippen molar-refractivity contribution in [2.24, 2.45) is 0 Å². The van der Waals surface area contributed by atoms with E-state index in [0.29, 0.717) is 19.3 Å². The molecule has 12 heteroatoms. The van der Waals surface area contributed by atoms with Crippen molar-refractivity contribution in [3.8, 4) is 0 Å². The molecule has 0 aromatic heterocycles. The van der Waals surface area contributed by atoms with Crippen LogP contribution in [-0.2, 0) is 42.2 Å². The number of aliphatic hydroxyl groups excluding tert-OH is 1. The topological polar surface area (TPSA) is 155 Å². The van der Waals surface area contributed by atoms with Gasteiger partial charge in [-0.2, -0.15) is 0 Å². The van der Waals surface area contributed by atoms with Crippen LogP contribution in [0.3, 0.4) is 0 Å². The van der Waals surface area contributed by atoms with Crippen molar-refractivity contribution in [3.05, 3.63) is 97.2 Å². The zero-order valence-electron chi connectivity index (χ0n) is 43.9. The molecule has 0 heterocycles. The number of ether oxygens (including phenoxy) is 3. The molecule has 0 aromatic rings. The Hall–Kier alpha value is -3.60. The number of unbranched alkanes of at least 4 members (excludes halogenated alkanes) is 16. The Morgan fingerprint density at radius 2 is 0.771 bits per heavy atom. The second kappa shape index (κ2) is 51.7. The summed E-state index contributed by atoms with van der Waals surface area (Å²) < 4.78 is 39.3. The van der Waals surface area contributed by atoms with Crippen molar-refractivity contribution in [2.45, 2.75) is 226 Å². The van der Waals surface area contributed by atoms with E-state index in [2.05, 4.69) is 106 Å². The minimum atomic E-state index is -4.77. The van der Waals surface area contributed by atoms with E-state index in [1.54, 1.807) is 0 Å². The predicted octanol–water partition coefficient (Wildman–Crippen LogP) is 15.7. The molecule has 400 valence electrons. The van der Waals surface area contributed by atoms with Gasteiger partial charge in [0.15, 0.2) is 6.10 Å². The van der Waals surface area contributed by atoms with Gasteiger partial charge >= 0.3 is 25.7 Å². The van der Waals surface area contributed by atoms with Gasteiger partial charge in [-0.05, 0) is 83.5 Å². The van der Waals surface area contributed by atoms with Crippen LogP contribution in [0.4, 0.5) is 0 Å². The summed E-state index contributed by atoms with van der Waals surface area (Å²) in [5.41, 5.74) is 0. The normalized spacial score (nSPS) is 14.2. The van der Waals surface area contributed by atoms with Crippen LogP contribution < -0.4 is 0 Å². The SMILES string of the molecule is CC/C=C\C/C=C\C/C=C\C/C=C\CCCCCCCCC(=O)OCC(COP(=O)(O)OCC(CO)OC(=O)CCCCCCCCCCCCC)OC(=O)CC/C=C\C/C=C\C/C=C\C/C=C\CC. The molecule has 3 atom stereocenters. The molecule has 11 nitrogen and oxygen atoms in total. The highest BCUT2D eigenvalue weighted by Crippen LogP contribution is 2.43. The van der Waals surface area contributed by atoms with Crippen LogP contribution in [0.25, 0.3) is 0 Å². The maximum atomic E-state index is 12.9. The van der Waals surface area contributed by atoms with Crippen LogP contribution in [0.2, 0.25) is 0 Å². The molecular weight excluding hydrogens is 904 g/mol. The van der Waals surface area contributed by atoms with Gasteiger partial charge in [0.25, 0.3) is 0 Å². The monoisotopic (exact) mass is 1000 g/mol. The fourth-order valence-corrected chi connectivity index (χ4v) is 7.73. The second-order valence-corrected chi connectivity index (χ2v) is 19.1. The van der Waals surface area contributed by atoms with Crippen LogP contribution in [0.5, 0.6) is 0 Å². The summed E-state index contributed by atoms with van der Waals surface area (Å²) in [6.45, 7) is 4.29. The average molecular weight is 1000 g/mol. The van der Waals surface area contributed by atoms with Crippen molar-refractivity contribution in [1.29, 1.82) is 0 Å². The zero-order chi connectivity index (χ0) is 51.3. The van der Waals surface area contributed by atoms with E-state index < -0.39 is 57.8 Å². The molecule has 0 amide bonds. The number of rotatable bonds is 49. The molecular formula is C58H97O11P. The molecule has 0 aromatic carbocycles. The summed E-state index contributed by atoms with van der Waals surface area (Å²) in [7, 11) is -4.77. The summed E-state index contributed by atoms with van der Waals surface area (Å²) in [4.78, 5) is 48.3. The predicted molar refractivity (Wildman–Crippen MR) is 288 cm³/mol. The largest absolute Gasteiger partial charge is 0.472 e. The van der Waals surface area contributed by atoms with E-state index >= 15 is 0 Å². The van der Waals surface area contributed by atoms with Crippen molar-refractivity contribution in [3.63, 3.8) is 0 Å². The minimum absolute atomic E-state index is 0.0398. The number of esters is 3. The maximum Gasteiger partial charge on any atom is 0.472 e. The first kappa shape index (κ1) is 66.4. The molecule has 0 fully saturated rings. The van der Waals surface area contributed by atoms with E-state index in [1.165, 1.54) is 44.9 Å². The number of phosphoric acid groups is 1. The van der Waals surface area contributed by atoms with Crippen LogP contribution in [0, 0.1) is 0 Å². The highest BCUT2D eigenvalue weighted by Gasteiger charge is 2.28. The van der Waals surface area contributed by atoms with Gasteiger partial charge in [-0.3, -0.25) is 23.4 Å². The first-order chi connectivity index (χ1) is 34.2. The molecule has 0 radical (unpaired) electrons. The number of hydrogen-bond donors (Lipinski definition) is 2. The van der Waals surface area contributed by atoms with Crippen LogP contribution in [0.1, 0.15) is 213 Å². The van der Waals surface area contributed by atoms with Gasteiger partial charge in [-0.25, -0.2) is 4.57 Å². The molecule has 0 aliphatic carbocycles. The van der Waals surface area contributed by atoms with E-state index in [4.69, 9.17) is 23.3 Å². The summed E-state index contributed by atoms with van der Waals surface area (Å²) in [6.07, 6.45) is 59.7. The van der Waals surface area contributed by atoms with Gasteiger partial charge in [-0.1, -0.05) is 208 Å². The Labute approximate surface area is 425 Å². The number of allylic oxidation sites excluding steroid dienone is 16. The molecule has 0 bridgehead atoms. The number of carbonyl (C=O) groups excluding carboxylic acids is 3. The first-order valence-electron chi connectivity index (χ1n) is 27.1. The summed E-state index contributed by atoms with van der Waals surface area (Å²) >= 11 is 0. The molecule has 0 saturated carbocycles. The molecule has 0 spiro atoms. The molecule has 2 N–H and O–H groups in total. The first-order valence-corrected chi connectivity index (χ1v) is 28.6. The number of phosphoric ester groups is 1. The lowest BCUT2D eigenvalue weighted by atomic mass is 10.1. The zero-order valence-corrected chi connectivity index (χ0v) is 44.8. The lowest BCUT2D eigenvalue weighted by Crippen LogP contribution is -2.30. The van der Waals surface area contributed by atoms with Crippen molar-refractivity contribution in [1.82, 2.24) is 0 Å². The van der Waals surface area contributed by atoms with Gasteiger partial charge in [0.05, 0.1) is 19.8 Å². The fourth-order valence-electron chi connectivity index (χ4n) is 6.95. The third-order valence-electron chi connectivity index (χ3n) is 11.0. The van der Waals surface area contributed by atoms with Crippen molar-refractivity contribution >= 4 is 25.7 Å². The van der Waals surface area contributed by atoms with Crippen molar-refractivity contribution < 1.29 is 52.2 Å². The Morgan fingerprint density at radius 3 is 1.23 bits per heavy atom. The minimum Gasteiger partial charge on any atom is -0.462 e. The summed E-state index contributed by atoms with van der Waals surface area (Å²) in [6, 6.07) is 0. The molecule has 0 aliphatic heterocycles. The standard InChI is InChI=1S/C58H97O11P/c1-4-7-10-13-16-19-22-24-25-26-27-28-29-31-33-35-38-41-44-47-56(60)65-51-55(69-58(62)49-46-43-40-37-34-30-23-20-17-14-11-8-5-2)53-67-70(63,64)66-52-54(50-59)68-57(61)48-45-42-39-36-32-21-18-15-12-9-6-3/h7-8,10-11,16-17,19-20,24-25,27-28,30,34,40,43,54-55,59H,4-6,9,12-15,18,21-23,26,29,31-33,35-39,41-42,44-53H2,1-3H3,(H,63,64)/b10-7-,11-8-,19-16-,20-17-,25-24-,28-27-,34-30-,43-40-. The number of hydrogen-bond acceptors (Lipinski definition) is 10. The lowest BCUT2D eigenvalue weighted by Gasteiger charge is -2.21. The third kappa shape index (κ3) is 49.4. The van der Waals surface area contributed by atoms with Crippen LogP contribution >= 0.6 is 7.82 Å².